The number of hydrogen-bond donors (Lipinski definition) is 2. The minimum absolute atomic E-state index is 0.150. The summed E-state index contributed by atoms with van der Waals surface area (Å²) in [6.07, 6.45) is 0. The number of rotatable bonds is 1. The van der Waals surface area contributed by atoms with Gasteiger partial charge in [0, 0.05) is 24.8 Å². The number of fused-ring (bicyclic) bond motifs is 1. The van der Waals surface area contributed by atoms with Crippen molar-refractivity contribution < 1.29 is 14.7 Å². The van der Waals surface area contributed by atoms with Gasteiger partial charge in [-0.2, -0.15) is 0 Å². The highest BCUT2D eigenvalue weighted by molar-refractivity contribution is 6.06. The van der Waals surface area contributed by atoms with Crippen molar-refractivity contribution in [2.45, 2.75) is 6.54 Å². The summed E-state index contributed by atoms with van der Waals surface area (Å²) in [5, 5.41) is 8.94. The van der Waals surface area contributed by atoms with E-state index in [1.165, 1.54) is 17.0 Å². The zero-order chi connectivity index (χ0) is 11.2. The van der Waals surface area contributed by atoms with Crippen molar-refractivity contribution in [2.75, 3.05) is 12.8 Å². The normalized spacial score (nSPS) is 14.2. The van der Waals surface area contributed by atoms with Crippen LogP contribution in [0.3, 0.4) is 0 Å². The number of aromatic carboxylic acids is 1. The molecular weight excluding hydrogens is 196 g/mol. The summed E-state index contributed by atoms with van der Waals surface area (Å²) in [4.78, 5) is 24.0. The van der Waals surface area contributed by atoms with E-state index in [4.69, 9.17) is 10.8 Å². The third kappa shape index (κ3) is 1.24. The van der Waals surface area contributed by atoms with Crippen molar-refractivity contribution in [1.82, 2.24) is 4.90 Å². The van der Waals surface area contributed by atoms with Gasteiger partial charge in [0.1, 0.15) is 0 Å². The molecule has 0 unspecified atom stereocenters. The van der Waals surface area contributed by atoms with Gasteiger partial charge in [-0.1, -0.05) is 0 Å². The molecular formula is C10H10N2O3. The largest absolute Gasteiger partial charge is 0.478 e. The number of nitrogens with two attached hydrogens (primary N) is 1. The first-order chi connectivity index (χ1) is 7.02. The number of amides is 1. The molecule has 1 aromatic carbocycles. The molecule has 78 valence electrons. The lowest BCUT2D eigenvalue weighted by Gasteiger charge is -2.05. The summed E-state index contributed by atoms with van der Waals surface area (Å²) in [6, 6.07) is 2.89. The number of nitrogen functional groups attached to an aromatic ring is 1. The van der Waals surface area contributed by atoms with Crippen LogP contribution in [0.4, 0.5) is 5.69 Å². The van der Waals surface area contributed by atoms with Crippen LogP contribution >= 0.6 is 0 Å². The first-order valence-corrected chi connectivity index (χ1v) is 4.42. The first kappa shape index (κ1) is 9.51. The standard InChI is InChI=1S/C10H10N2O3/c1-12-4-6-5(10(14)15)2-3-7(11)8(6)9(12)13/h2-3H,4,11H2,1H3,(H,14,15). The van der Waals surface area contributed by atoms with Crippen molar-refractivity contribution in [3.05, 3.63) is 28.8 Å². The van der Waals surface area contributed by atoms with Crippen molar-refractivity contribution >= 4 is 17.6 Å². The molecule has 0 aromatic heterocycles. The Labute approximate surface area is 86.1 Å². The maximum absolute atomic E-state index is 11.6. The Balaban J connectivity index is 2.69. The Bertz CT molecular complexity index is 468. The molecule has 0 fully saturated rings. The third-order valence-corrected chi connectivity index (χ3v) is 2.53. The summed E-state index contributed by atoms with van der Waals surface area (Å²) in [5.74, 6) is -1.25. The molecule has 5 heteroatoms. The second-order valence-electron chi connectivity index (χ2n) is 3.52. The number of carbonyl (C=O) groups excluding carboxylic acids is 1. The van der Waals surface area contributed by atoms with Crippen LogP contribution in [0.1, 0.15) is 26.3 Å². The van der Waals surface area contributed by atoms with Crippen molar-refractivity contribution in [1.29, 1.82) is 0 Å². The lowest BCUT2D eigenvalue weighted by Crippen LogP contribution is -2.18. The molecule has 0 radical (unpaired) electrons. The van der Waals surface area contributed by atoms with E-state index in [-0.39, 0.29) is 11.5 Å². The quantitative estimate of drug-likeness (QED) is 0.657. The number of carboxylic acids is 1. The van der Waals surface area contributed by atoms with Crippen LogP contribution < -0.4 is 5.73 Å². The summed E-state index contributed by atoms with van der Waals surface area (Å²) in [6.45, 7) is 0.306. The van der Waals surface area contributed by atoms with Crippen LogP contribution in [0.15, 0.2) is 12.1 Å². The molecule has 3 N–H and O–H groups in total. The summed E-state index contributed by atoms with van der Waals surface area (Å²) < 4.78 is 0. The Kier molecular flexibility index (Phi) is 1.89. The lowest BCUT2D eigenvalue weighted by molar-refractivity contribution is 0.0693. The average Bonchev–Trinajstić information content (AvgIpc) is 2.44. The van der Waals surface area contributed by atoms with Crippen LogP contribution in [0.25, 0.3) is 0 Å². The Morgan fingerprint density at radius 2 is 2.20 bits per heavy atom. The molecule has 1 aliphatic rings. The Morgan fingerprint density at radius 3 is 2.80 bits per heavy atom. The monoisotopic (exact) mass is 206 g/mol. The average molecular weight is 206 g/mol. The fourth-order valence-corrected chi connectivity index (χ4v) is 1.78. The van der Waals surface area contributed by atoms with E-state index in [2.05, 4.69) is 0 Å². The summed E-state index contributed by atoms with van der Waals surface area (Å²) >= 11 is 0. The highest BCUT2D eigenvalue weighted by Crippen LogP contribution is 2.29. The first-order valence-electron chi connectivity index (χ1n) is 4.42. The number of carboxylic acid groups (broad SMARTS) is 1. The molecule has 1 amide bonds. The minimum Gasteiger partial charge on any atom is -0.478 e. The van der Waals surface area contributed by atoms with Crippen molar-refractivity contribution in [2.24, 2.45) is 0 Å². The van der Waals surface area contributed by atoms with Crippen LogP contribution in [0, 0.1) is 0 Å². The maximum atomic E-state index is 11.6. The fraction of sp³-hybridized carbons (Fsp3) is 0.200. The van der Waals surface area contributed by atoms with Gasteiger partial charge in [-0.05, 0) is 12.1 Å². The molecule has 0 aliphatic carbocycles. The van der Waals surface area contributed by atoms with E-state index in [0.29, 0.717) is 23.4 Å². The molecule has 5 nitrogen and oxygen atoms in total. The van der Waals surface area contributed by atoms with Gasteiger partial charge in [0.2, 0.25) is 0 Å². The van der Waals surface area contributed by atoms with Gasteiger partial charge in [-0.3, -0.25) is 4.79 Å². The van der Waals surface area contributed by atoms with Crippen LogP contribution in [0.2, 0.25) is 0 Å². The topological polar surface area (TPSA) is 83.6 Å². The molecule has 1 aromatic rings. The molecule has 0 saturated heterocycles. The zero-order valence-corrected chi connectivity index (χ0v) is 8.15. The number of anilines is 1. The molecule has 15 heavy (non-hydrogen) atoms. The minimum atomic E-state index is -1.03. The molecule has 0 atom stereocenters. The van der Waals surface area contributed by atoms with Crippen molar-refractivity contribution in [3.63, 3.8) is 0 Å². The number of hydrogen-bond acceptors (Lipinski definition) is 3. The molecule has 0 saturated carbocycles. The maximum Gasteiger partial charge on any atom is 0.336 e. The van der Waals surface area contributed by atoms with Gasteiger partial charge in [0.15, 0.2) is 0 Å². The van der Waals surface area contributed by atoms with E-state index < -0.39 is 5.97 Å². The molecule has 1 heterocycles. The van der Waals surface area contributed by atoms with Gasteiger partial charge < -0.3 is 15.7 Å². The van der Waals surface area contributed by atoms with Gasteiger partial charge in [-0.15, -0.1) is 0 Å². The summed E-state index contributed by atoms with van der Waals surface area (Å²) in [7, 11) is 1.62. The molecule has 0 bridgehead atoms. The predicted molar refractivity (Wildman–Crippen MR) is 53.6 cm³/mol. The van der Waals surface area contributed by atoms with E-state index in [1.54, 1.807) is 7.05 Å². The SMILES string of the molecule is CN1Cc2c(C(=O)O)ccc(N)c2C1=O. The van der Waals surface area contributed by atoms with Gasteiger partial charge in [0.05, 0.1) is 11.1 Å². The highest BCUT2D eigenvalue weighted by atomic mass is 16.4. The third-order valence-electron chi connectivity index (χ3n) is 2.53. The molecule has 0 spiro atoms. The lowest BCUT2D eigenvalue weighted by atomic mass is 10.0. The second-order valence-corrected chi connectivity index (χ2v) is 3.52. The van der Waals surface area contributed by atoms with Crippen LogP contribution in [-0.2, 0) is 6.54 Å². The fourth-order valence-electron chi connectivity index (χ4n) is 1.78. The van der Waals surface area contributed by atoms with E-state index in [0.717, 1.165) is 0 Å². The number of benzene rings is 1. The number of nitrogens with zero attached hydrogens (tertiary/aromatic N) is 1. The van der Waals surface area contributed by atoms with Gasteiger partial charge in [0.25, 0.3) is 5.91 Å². The predicted octanol–water partition coefficient (Wildman–Crippen LogP) is 0.553. The molecule has 1 aliphatic heterocycles. The Hall–Kier alpha value is -2.04. The smallest absolute Gasteiger partial charge is 0.336 e. The molecule has 2 rings (SSSR count). The van der Waals surface area contributed by atoms with Crippen molar-refractivity contribution in [3.8, 4) is 0 Å². The van der Waals surface area contributed by atoms with E-state index in [1.807, 2.05) is 0 Å². The van der Waals surface area contributed by atoms with E-state index in [9.17, 15) is 9.59 Å². The van der Waals surface area contributed by atoms with E-state index >= 15 is 0 Å². The van der Waals surface area contributed by atoms with Crippen LogP contribution in [-0.4, -0.2) is 28.9 Å². The number of carbonyl (C=O) groups is 2. The Morgan fingerprint density at radius 1 is 1.53 bits per heavy atom. The highest BCUT2D eigenvalue weighted by Gasteiger charge is 2.30. The second kappa shape index (κ2) is 2.98. The van der Waals surface area contributed by atoms with Gasteiger partial charge >= 0.3 is 5.97 Å². The zero-order valence-electron chi connectivity index (χ0n) is 8.15. The van der Waals surface area contributed by atoms with Crippen LogP contribution in [0.5, 0.6) is 0 Å². The summed E-state index contributed by atoms with van der Waals surface area (Å²) in [5.41, 5.74) is 6.98. The van der Waals surface area contributed by atoms with Gasteiger partial charge in [-0.25, -0.2) is 4.79 Å².